The predicted octanol–water partition coefficient (Wildman–Crippen LogP) is 3.02. The number of carboxylic acid groups (broad SMARTS) is 1. The molecule has 1 N–H and O–H groups in total. The lowest BCUT2D eigenvalue weighted by Crippen LogP contribution is -2.50. The van der Waals surface area contributed by atoms with Gasteiger partial charge in [-0.1, -0.05) is 20.8 Å². The Bertz CT molecular complexity index is 309. The maximum absolute atomic E-state index is 10.8. The van der Waals surface area contributed by atoms with E-state index in [-0.39, 0.29) is 29.4 Å². The zero-order valence-corrected chi connectivity index (χ0v) is 12.5. The summed E-state index contributed by atoms with van der Waals surface area (Å²) in [6, 6.07) is 0. The molecule has 0 amide bonds. The van der Waals surface area contributed by atoms with Gasteiger partial charge in [0.15, 0.2) is 5.79 Å². The Morgan fingerprint density at radius 1 is 1.44 bits per heavy atom. The third kappa shape index (κ3) is 4.41. The summed E-state index contributed by atoms with van der Waals surface area (Å²) in [4.78, 5) is 10.8. The molecule has 1 aliphatic rings. The van der Waals surface area contributed by atoms with Crippen LogP contribution in [0, 0.1) is 5.41 Å². The van der Waals surface area contributed by atoms with E-state index in [1.807, 2.05) is 20.8 Å². The first kappa shape index (κ1) is 15.7. The van der Waals surface area contributed by atoms with Crippen LogP contribution in [0.4, 0.5) is 0 Å². The number of rotatable bonds is 3. The van der Waals surface area contributed by atoms with E-state index >= 15 is 0 Å². The van der Waals surface area contributed by atoms with E-state index in [0.29, 0.717) is 6.42 Å². The average Bonchev–Trinajstić information content (AvgIpc) is 2.11. The molecule has 0 radical (unpaired) electrons. The summed E-state index contributed by atoms with van der Waals surface area (Å²) in [6.07, 6.45) is -0.0438. The molecule has 18 heavy (non-hydrogen) atoms. The fourth-order valence-corrected chi connectivity index (χ4v) is 2.36. The molecule has 1 saturated heterocycles. The first-order valence-electron chi connectivity index (χ1n) is 6.23. The van der Waals surface area contributed by atoms with Crippen molar-refractivity contribution in [2.45, 2.75) is 70.8 Å². The lowest BCUT2D eigenvalue weighted by molar-refractivity contribution is -0.302. The van der Waals surface area contributed by atoms with Gasteiger partial charge in [0, 0.05) is 6.42 Å². The van der Waals surface area contributed by atoms with E-state index in [4.69, 9.17) is 26.2 Å². The van der Waals surface area contributed by atoms with Crippen molar-refractivity contribution in [2.24, 2.45) is 5.41 Å². The van der Waals surface area contributed by atoms with Crippen LogP contribution in [0.3, 0.4) is 0 Å². The standard InChI is InChI=1S/C13H23ClO4/c1-12(2,3)11(14)9-6-8(7-10(15)16)17-13(4,5)18-9/h8-9,11H,6-7H2,1-5H3,(H,15,16)/t8-,9+,11?/m1/s1. The first-order valence-corrected chi connectivity index (χ1v) is 6.66. The molecule has 106 valence electrons. The van der Waals surface area contributed by atoms with Gasteiger partial charge in [-0.15, -0.1) is 11.6 Å². The number of hydrogen-bond acceptors (Lipinski definition) is 3. The number of halogens is 1. The van der Waals surface area contributed by atoms with Crippen LogP contribution in [0.2, 0.25) is 0 Å². The zero-order valence-electron chi connectivity index (χ0n) is 11.7. The van der Waals surface area contributed by atoms with Gasteiger partial charge in [-0.05, 0) is 19.3 Å². The van der Waals surface area contributed by atoms with Crippen molar-refractivity contribution in [1.29, 1.82) is 0 Å². The highest BCUT2D eigenvalue weighted by molar-refractivity contribution is 6.21. The van der Waals surface area contributed by atoms with Gasteiger partial charge in [0.2, 0.25) is 0 Å². The number of alkyl halides is 1. The minimum Gasteiger partial charge on any atom is -0.481 e. The van der Waals surface area contributed by atoms with Crippen LogP contribution in [-0.4, -0.2) is 34.4 Å². The van der Waals surface area contributed by atoms with Crippen LogP contribution in [0.25, 0.3) is 0 Å². The van der Waals surface area contributed by atoms with E-state index in [1.165, 1.54) is 0 Å². The second-order valence-corrected chi connectivity index (χ2v) is 6.87. The summed E-state index contributed by atoms with van der Waals surface area (Å²) in [5.41, 5.74) is -0.104. The second kappa shape index (κ2) is 5.35. The topological polar surface area (TPSA) is 55.8 Å². The van der Waals surface area contributed by atoms with Crippen molar-refractivity contribution in [3.8, 4) is 0 Å². The maximum atomic E-state index is 10.8. The van der Waals surface area contributed by atoms with Gasteiger partial charge in [-0.3, -0.25) is 4.79 Å². The lowest BCUT2D eigenvalue weighted by Gasteiger charge is -2.44. The van der Waals surface area contributed by atoms with E-state index in [0.717, 1.165) is 0 Å². The summed E-state index contributed by atoms with van der Waals surface area (Å²) < 4.78 is 11.4. The summed E-state index contributed by atoms with van der Waals surface area (Å²) in [6.45, 7) is 9.72. The van der Waals surface area contributed by atoms with Crippen LogP contribution in [0.15, 0.2) is 0 Å². The molecule has 3 atom stereocenters. The van der Waals surface area contributed by atoms with Crippen molar-refractivity contribution in [2.75, 3.05) is 0 Å². The number of hydrogen-bond donors (Lipinski definition) is 1. The largest absolute Gasteiger partial charge is 0.481 e. The summed E-state index contributed by atoms with van der Waals surface area (Å²) in [5, 5.41) is 8.68. The fraction of sp³-hybridized carbons (Fsp3) is 0.923. The number of carboxylic acids is 1. The van der Waals surface area contributed by atoms with Gasteiger partial charge in [0.05, 0.1) is 24.0 Å². The fourth-order valence-electron chi connectivity index (χ4n) is 2.21. The van der Waals surface area contributed by atoms with Crippen molar-refractivity contribution >= 4 is 17.6 Å². The Morgan fingerprint density at radius 2 is 2.00 bits per heavy atom. The molecule has 5 heteroatoms. The first-order chi connectivity index (χ1) is 8.01. The minimum atomic E-state index is -0.863. The molecule has 0 bridgehead atoms. The van der Waals surface area contributed by atoms with Gasteiger partial charge in [0.1, 0.15) is 0 Å². The molecule has 1 fully saturated rings. The summed E-state index contributed by atoms with van der Waals surface area (Å²) in [5.74, 6) is -1.65. The third-order valence-electron chi connectivity index (χ3n) is 2.94. The second-order valence-electron chi connectivity index (χ2n) is 6.40. The van der Waals surface area contributed by atoms with Gasteiger partial charge >= 0.3 is 5.97 Å². The Morgan fingerprint density at radius 3 is 2.44 bits per heavy atom. The van der Waals surface area contributed by atoms with Crippen molar-refractivity contribution in [3.63, 3.8) is 0 Å². The molecule has 1 heterocycles. The number of carbonyl (C=O) groups is 1. The van der Waals surface area contributed by atoms with E-state index in [9.17, 15) is 4.79 Å². The van der Waals surface area contributed by atoms with Crippen molar-refractivity contribution in [1.82, 2.24) is 0 Å². The van der Waals surface area contributed by atoms with E-state index in [2.05, 4.69) is 0 Å². The Balaban J connectivity index is 2.77. The summed E-state index contributed by atoms with van der Waals surface area (Å²) >= 11 is 6.44. The molecular formula is C13H23ClO4. The van der Waals surface area contributed by atoms with E-state index in [1.54, 1.807) is 13.8 Å². The van der Waals surface area contributed by atoms with Gasteiger partial charge < -0.3 is 14.6 Å². The van der Waals surface area contributed by atoms with Gasteiger partial charge in [-0.2, -0.15) is 0 Å². The molecule has 1 unspecified atom stereocenters. The van der Waals surface area contributed by atoms with Gasteiger partial charge in [0.25, 0.3) is 0 Å². The molecule has 1 rings (SSSR count). The number of ether oxygens (including phenoxy) is 2. The van der Waals surface area contributed by atoms with Crippen LogP contribution in [0.5, 0.6) is 0 Å². The molecule has 0 spiro atoms. The van der Waals surface area contributed by atoms with Crippen LogP contribution < -0.4 is 0 Å². The highest BCUT2D eigenvalue weighted by atomic mass is 35.5. The molecule has 4 nitrogen and oxygen atoms in total. The van der Waals surface area contributed by atoms with Gasteiger partial charge in [-0.25, -0.2) is 0 Å². The van der Waals surface area contributed by atoms with Crippen LogP contribution in [0.1, 0.15) is 47.5 Å². The van der Waals surface area contributed by atoms with Crippen molar-refractivity contribution < 1.29 is 19.4 Å². The van der Waals surface area contributed by atoms with E-state index < -0.39 is 11.8 Å². The smallest absolute Gasteiger partial charge is 0.305 e. The monoisotopic (exact) mass is 278 g/mol. The van der Waals surface area contributed by atoms with Crippen LogP contribution in [-0.2, 0) is 14.3 Å². The highest BCUT2D eigenvalue weighted by Crippen LogP contribution is 2.37. The number of aliphatic carboxylic acids is 1. The Labute approximate surface area is 114 Å². The lowest BCUT2D eigenvalue weighted by atomic mass is 9.86. The average molecular weight is 279 g/mol. The summed E-state index contributed by atoms with van der Waals surface area (Å²) in [7, 11) is 0. The normalized spacial score (nSPS) is 29.9. The molecule has 0 aliphatic carbocycles. The Kier molecular flexibility index (Phi) is 4.68. The molecule has 0 aromatic carbocycles. The molecule has 0 aromatic heterocycles. The minimum absolute atomic E-state index is 0.0168. The SMILES string of the molecule is CC1(C)O[C@@H](CC(=O)O)C[C@@H](C(Cl)C(C)(C)C)O1. The van der Waals surface area contributed by atoms with Crippen LogP contribution >= 0.6 is 11.6 Å². The zero-order chi connectivity index (χ0) is 14.1. The molecule has 1 aliphatic heterocycles. The molecular weight excluding hydrogens is 256 g/mol. The highest BCUT2D eigenvalue weighted by Gasteiger charge is 2.42. The third-order valence-corrected chi connectivity index (χ3v) is 3.87. The molecule has 0 saturated carbocycles. The maximum Gasteiger partial charge on any atom is 0.305 e. The Hall–Kier alpha value is -0.320. The quantitative estimate of drug-likeness (QED) is 0.806. The molecule has 0 aromatic rings. The predicted molar refractivity (Wildman–Crippen MR) is 69.8 cm³/mol. The van der Waals surface area contributed by atoms with Crippen molar-refractivity contribution in [3.05, 3.63) is 0 Å².